The number of hydrogen-bond acceptors (Lipinski definition) is 5. The zero-order valence-corrected chi connectivity index (χ0v) is 16.3. The summed E-state index contributed by atoms with van der Waals surface area (Å²) >= 11 is 14.9. The number of H-pyrrole nitrogens is 1. The minimum Gasteiger partial charge on any atom is -0.324 e. The van der Waals surface area contributed by atoms with Gasteiger partial charge in [-0.25, -0.2) is 4.98 Å². The Hall–Kier alpha value is -1.54. The number of halogens is 2. The van der Waals surface area contributed by atoms with E-state index in [1.165, 1.54) is 16.6 Å². The van der Waals surface area contributed by atoms with E-state index in [2.05, 4.69) is 20.5 Å². The Labute approximate surface area is 163 Å². The molecule has 0 fully saturated rings. The van der Waals surface area contributed by atoms with E-state index in [4.69, 9.17) is 23.2 Å². The third-order valence-electron chi connectivity index (χ3n) is 3.27. The van der Waals surface area contributed by atoms with E-state index in [0.29, 0.717) is 27.3 Å². The molecule has 2 N–H and O–H groups in total. The zero-order chi connectivity index (χ0) is 17.8. The van der Waals surface area contributed by atoms with Gasteiger partial charge in [-0.2, -0.15) is 0 Å². The van der Waals surface area contributed by atoms with Crippen LogP contribution in [0, 0.1) is 0 Å². The van der Waals surface area contributed by atoms with Crippen LogP contribution < -0.4 is 5.32 Å². The number of aromatic nitrogens is 3. The molecule has 130 valence electrons. The molecule has 1 amide bonds. The predicted octanol–water partition coefficient (Wildman–Crippen LogP) is 4.88. The van der Waals surface area contributed by atoms with Gasteiger partial charge in [0.1, 0.15) is 5.82 Å². The monoisotopic (exact) mass is 412 g/mol. The van der Waals surface area contributed by atoms with E-state index in [1.807, 2.05) is 17.5 Å². The number of carbonyl (C=O) groups excluding carboxylic acids is 1. The second-order valence-electron chi connectivity index (χ2n) is 5.19. The van der Waals surface area contributed by atoms with Crippen molar-refractivity contribution in [1.29, 1.82) is 0 Å². The molecule has 0 spiro atoms. The first-order valence-electron chi connectivity index (χ1n) is 7.37. The largest absolute Gasteiger partial charge is 0.324 e. The fourth-order valence-electron chi connectivity index (χ4n) is 2.02. The molecule has 1 atom stereocenters. The van der Waals surface area contributed by atoms with Crippen molar-refractivity contribution in [2.75, 3.05) is 5.32 Å². The maximum absolute atomic E-state index is 12.3. The highest BCUT2D eigenvalue weighted by Crippen LogP contribution is 2.27. The number of nitrogens with zero attached hydrogens (tertiary/aromatic N) is 2. The van der Waals surface area contributed by atoms with E-state index in [9.17, 15) is 4.79 Å². The number of carbonyl (C=O) groups is 1. The number of thioether (sulfide) groups is 1. The Morgan fingerprint density at radius 3 is 2.96 bits per heavy atom. The number of benzene rings is 1. The maximum Gasteiger partial charge on any atom is 0.237 e. The van der Waals surface area contributed by atoms with E-state index in [1.54, 1.807) is 36.5 Å². The number of amides is 1. The van der Waals surface area contributed by atoms with Crippen molar-refractivity contribution >= 4 is 57.9 Å². The summed E-state index contributed by atoms with van der Waals surface area (Å²) < 4.78 is 0. The van der Waals surface area contributed by atoms with Gasteiger partial charge >= 0.3 is 0 Å². The number of rotatable bonds is 6. The molecule has 0 bridgehead atoms. The average molecular weight is 413 g/mol. The normalized spacial score (nSPS) is 12.1. The molecule has 0 saturated carbocycles. The number of thiophene rings is 1. The fraction of sp³-hybridized carbons (Fsp3) is 0.188. The van der Waals surface area contributed by atoms with Crippen LogP contribution in [0.4, 0.5) is 5.69 Å². The molecule has 2 heterocycles. The van der Waals surface area contributed by atoms with Gasteiger partial charge in [0.2, 0.25) is 11.1 Å². The van der Waals surface area contributed by atoms with Gasteiger partial charge in [-0.15, -0.1) is 16.4 Å². The lowest BCUT2D eigenvalue weighted by atomic mass is 10.3. The van der Waals surface area contributed by atoms with Gasteiger partial charge in [-0.1, -0.05) is 41.0 Å². The summed E-state index contributed by atoms with van der Waals surface area (Å²) in [5.41, 5.74) is 0.525. The van der Waals surface area contributed by atoms with Crippen molar-refractivity contribution in [1.82, 2.24) is 15.2 Å². The summed E-state index contributed by atoms with van der Waals surface area (Å²) in [7, 11) is 0. The third kappa shape index (κ3) is 4.98. The summed E-state index contributed by atoms with van der Waals surface area (Å²) in [4.78, 5) is 18.0. The van der Waals surface area contributed by atoms with Crippen LogP contribution in [0.3, 0.4) is 0 Å². The molecule has 5 nitrogen and oxygen atoms in total. The SMILES string of the molecule is CC(Sc1n[nH]c(Cc2cccs2)n1)C(=O)Nc1ccc(Cl)cc1Cl. The number of hydrogen-bond donors (Lipinski definition) is 2. The molecule has 2 aromatic heterocycles. The molecule has 0 saturated heterocycles. The van der Waals surface area contributed by atoms with Crippen LogP contribution in [0.5, 0.6) is 0 Å². The van der Waals surface area contributed by atoms with Crippen LogP contribution in [0.15, 0.2) is 40.9 Å². The Balaban J connectivity index is 1.58. The molecule has 0 aliphatic carbocycles. The minimum absolute atomic E-state index is 0.182. The summed E-state index contributed by atoms with van der Waals surface area (Å²) in [5.74, 6) is 0.595. The van der Waals surface area contributed by atoms with Crippen molar-refractivity contribution in [3.05, 3.63) is 56.5 Å². The van der Waals surface area contributed by atoms with Crippen molar-refractivity contribution in [3.8, 4) is 0 Å². The maximum atomic E-state index is 12.3. The lowest BCUT2D eigenvalue weighted by Gasteiger charge is -2.11. The number of aromatic amines is 1. The molecule has 1 unspecified atom stereocenters. The number of nitrogens with one attached hydrogen (secondary N) is 2. The van der Waals surface area contributed by atoms with Gasteiger partial charge in [0.15, 0.2) is 0 Å². The highest BCUT2D eigenvalue weighted by atomic mass is 35.5. The van der Waals surface area contributed by atoms with Crippen LogP contribution in [0.2, 0.25) is 10.0 Å². The van der Waals surface area contributed by atoms with Crippen molar-refractivity contribution < 1.29 is 4.79 Å². The lowest BCUT2D eigenvalue weighted by molar-refractivity contribution is -0.115. The summed E-state index contributed by atoms with van der Waals surface area (Å²) in [5, 5.41) is 13.0. The van der Waals surface area contributed by atoms with E-state index in [-0.39, 0.29) is 11.2 Å². The Kier molecular flexibility index (Phi) is 6.01. The van der Waals surface area contributed by atoms with Gasteiger partial charge in [-0.3, -0.25) is 9.89 Å². The van der Waals surface area contributed by atoms with Crippen LogP contribution in [0.1, 0.15) is 17.6 Å². The average Bonchev–Trinajstić information content (AvgIpc) is 3.22. The molecule has 3 aromatic rings. The molecule has 0 radical (unpaired) electrons. The van der Waals surface area contributed by atoms with Gasteiger partial charge in [0, 0.05) is 16.3 Å². The van der Waals surface area contributed by atoms with Gasteiger partial charge in [-0.05, 0) is 36.6 Å². The topological polar surface area (TPSA) is 70.7 Å². The van der Waals surface area contributed by atoms with Crippen LogP contribution in [0.25, 0.3) is 0 Å². The summed E-state index contributed by atoms with van der Waals surface area (Å²) in [6.07, 6.45) is 0.701. The molecule has 9 heteroatoms. The first-order valence-corrected chi connectivity index (χ1v) is 9.89. The minimum atomic E-state index is -0.378. The highest BCUT2D eigenvalue weighted by Gasteiger charge is 2.18. The van der Waals surface area contributed by atoms with E-state index in [0.717, 1.165) is 5.82 Å². The van der Waals surface area contributed by atoms with Crippen molar-refractivity contribution in [2.24, 2.45) is 0 Å². The van der Waals surface area contributed by atoms with E-state index < -0.39 is 0 Å². The molecule has 3 rings (SSSR count). The van der Waals surface area contributed by atoms with Crippen molar-refractivity contribution in [3.63, 3.8) is 0 Å². The Morgan fingerprint density at radius 2 is 2.24 bits per heavy atom. The summed E-state index contributed by atoms with van der Waals surface area (Å²) in [6, 6.07) is 8.98. The van der Waals surface area contributed by atoms with Gasteiger partial charge in [0.05, 0.1) is 16.0 Å². The third-order valence-corrected chi connectivity index (χ3v) is 5.66. The standard InChI is InChI=1S/C16H14Cl2N4OS2/c1-9(15(23)19-13-5-4-10(17)7-12(13)18)25-16-20-14(21-22-16)8-11-3-2-6-24-11/h2-7,9H,8H2,1H3,(H,19,23)(H,20,21,22). The first kappa shape index (κ1) is 18.3. The smallest absolute Gasteiger partial charge is 0.237 e. The molecule has 0 aliphatic heterocycles. The van der Waals surface area contributed by atoms with Crippen LogP contribution in [-0.2, 0) is 11.2 Å². The predicted molar refractivity (Wildman–Crippen MR) is 104 cm³/mol. The molecule has 1 aromatic carbocycles. The van der Waals surface area contributed by atoms with Gasteiger partial charge < -0.3 is 5.32 Å². The lowest BCUT2D eigenvalue weighted by Crippen LogP contribution is -2.22. The Morgan fingerprint density at radius 1 is 1.40 bits per heavy atom. The second-order valence-corrected chi connectivity index (χ2v) is 8.38. The summed E-state index contributed by atoms with van der Waals surface area (Å²) in [6.45, 7) is 1.79. The molecule has 0 aliphatic rings. The van der Waals surface area contributed by atoms with Crippen LogP contribution >= 0.6 is 46.3 Å². The molecular formula is C16H14Cl2N4OS2. The fourth-order valence-corrected chi connectivity index (χ4v) is 3.93. The number of anilines is 1. The Bertz CT molecular complexity index is 867. The zero-order valence-electron chi connectivity index (χ0n) is 13.1. The second kappa shape index (κ2) is 8.23. The van der Waals surface area contributed by atoms with Gasteiger partial charge in [0.25, 0.3) is 0 Å². The molecule has 25 heavy (non-hydrogen) atoms. The molecular weight excluding hydrogens is 399 g/mol. The highest BCUT2D eigenvalue weighted by molar-refractivity contribution is 8.00. The van der Waals surface area contributed by atoms with Crippen LogP contribution in [-0.4, -0.2) is 26.3 Å². The first-order chi connectivity index (χ1) is 12.0. The quantitative estimate of drug-likeness (QED) is 0.565. The van der Waals surface area contributed by atoms with Crippen molar-refractivity contribution in [2.45, 2.75) is 23.8 Å². The van der Waals surface area contributed by atoms with E-state index >= 15 is 0 Å².